The Bertz CT molecular complexity index is 507. The topological polar surface area (TPSA) is 33.2 Å². The fourth-order valence-electron chi connectivity index (χ4n) is 2.97. The first-order valence-corrected chi connectivity index (χ1v) is 8.76. The molecule has 2 rings (SSSR count). The summed E-state index contributed by atoms with van der Waals surface area (Å²) < 4.78 is 0.959. The molecule has 1 unspecified atom stereocenters. The zero-order valence-corrected chi connectivity index (χ0v) is 15.0. The molecule has 1 aliphatic heterocycles. The standard InChI is InChI=1S/C16H22BrClN2O/c1-16(2,6-4-7-18)15(21)20-8-3-5-14(20)12-9-13(17)11-19-10-12/h9-11,14H,3-8H2,1-2H3. The number of likely N-dealkylation sites (tertiary alicyclic amines) is 1. The number of hydrogen-bond acceptors (Lipinski definition) is 2. The van der Waals surface area contributed by atoms with E-state index in [1.54, 1.807) is 6.20 Å². The zero-order chi connectivity index (χ0) is 15.5. The molecule has 5 heteroatoms. The number of nitrogens with zero attached hydrogens (tertiary/aromatic N) is 2. The highest BCUT2D eigenvalue weighted by Crippen LogP contribution is 2.37. The number of carbonyl (C=O) groups excluding carboxylic acids is 1. The molecule has 0 spiro atoms. The Hall–Kier alpha value is -0.610. The molecule has 0 bridgehead atoms. The van der Waals surface area contributed by atoms with Crippen LogP contribution in [0.25, 0.3) is 0 Å². The lowest BCUT2D eigenvalue weighted by Crippen LogP contribution is -2.40. The maximum absolute atomic E-state index is 12.9. The van der Waals surface area contributed by atoms with Crippen LogP contribution in [-0.4, -0.2) is 28.2 Å². The Labute approximate surface area is 140 Å². The molecule has 1 atom stereocenters. The molecule has 1 aliphatic rings. The molecule has 0 aliphatic carbocycles. The Morgan fingerprint density at radius 1 is 1.52 bits per heavy atom. The van der Waals surface area contributed by atoms with E-state index in [1.807, 2.05) is 24.9 Å². The van der Waals surface area contributed by atoms with Gasteiger partial charge in [0.25, 0.3) is 0 Å². The number of aromatic nitrogens is 1. The van der Waals surface area contributed by atoms with E-state index in [0.717, 1.165) is 42.3 Å². The molecule has 0 N–H and O–H groups in total. The van der Waals surface area contributed by atoms with Gasteiger partial charge in [-0.15, -0.1) is 11.6 Å². The van der Waals surface area contributed by atoms with Crippen LogP contribution in [-0.2, 0) is 4.79 Å². The molecule has 116 valence electrons. The zero-order valence-electron chi connectivity index (χ0n) is 12.6. The minimum absolute atomic E-state index is 0.151. The second-order valence-corrected chi connectivity index (χ2v) is 7.56. The second kappa shape index (κ2) is 7.10. The van der Waals surface area contributed by atoms with Crippen LogP contribution in [0, 0.1) is 5.41 Å². The van der Waals surface area contributed by atoms with Gasteiger partial charge in [-0.05, 0) is 53.2 Å². The first-order chi connectivity index (χ1) is 9.95. The van der Waals surface area contributed by atoms with Crippen molar-refractivity contribution in [3.63, 3.8) is 0 Å². The largest absolute Gasteiger partial charge is 0.335 e. The number of halogens is 2. The first-order valence-electron chi connectivity index (χ1n) is 7.43. The van der Waals surface area contributed by atoms with E-state index in [2.05, 4.69) is 27.0 Å². The second-order valence-electron chi connectivity index (χ2n) is 6.27. The number of hydrogen-bond donors (Lipinski definition) is 0. The molecule has 1 fully saturated rings. The van der Waals surface area contributed by atoms with Crippen LogP contribution >= 0.6 is 27.5 Å². The third-order valence-corrected chi connectivity index (χ3v) is 4.84. The Kier molecular flexibility index (Phi) is 5.67. The number of pyridine rings is 1. The summed E-state index contributed by atoms with van der Waals surface area (Å²) in [5, 5.41) is 0. The van der Waals surface area contributed by atoms with Crippen LogP contribution in [0.5, 0.6) is 0 Å². The summed E-state index contributed by atoms with van der Waals surface area (Å²) >= 11 is 9.23. The lowest BCUT2D eigenvalue weighted by molar-refractivity contribution is -0.141. The lowest BCUT2D eigenvalue weighted by Gasteiger charge is -2.33. The molecule has 1 aromatic heterocycles. The van der Waals surface area contributed by atoms with Crippen LogP contribution in [0.3, 0.4) is 0 Å². The third-order valence-electron chi connectivity index (χ3n) is 4.14. The van der Waals surface area contributed by atoms with Crippen molar-refractivity contribution in [2.24, 2.45) is 5.41 Å². The minimum atomic E-state index is -0.350. The van der Waals surface area contributed by atoms with Gasteiger partial charge in [-0.2, -0.15) is 0 Å². The molecule has 1 aromatic rings. The van der Waals surface area contributed by atoms with Gasteiger partial charge in [0.15, 0.2) is 0 Å². The van der Waals surface area contributed by atoms with Crippen molar-refractivity contribution in [3.8, 4) is 0 Å². The van der Waals surface area contributed by atoms with Gasteiger partial charge in [0.1, 0.15) is 0 Å². The van der Waals surface area contributed by atoms with Crippen LogP contribution in [0.2, 0.25) is 0 Å². The average molecular weight is 374 g/mol. The molecule has 2 heterocycles. The van der Waals surface area contributed by atoms with Gasteiger partial charge < -0.3 is 4.90 Å². The highest BCUT2D eigenvalue weighted by molar-refractivity contribution is 9.10. The van der Waals surface area contributed by atoms with E-state index < -0.39 is 0 Å². The van der Waals surface area contributed by atoms with E-state index in [-0.39, 0.29) is 17.4 Å². The van der Waals surface area contributed by atoms with Crippen LogP contribution in [0.15, 0.2) is 22.9 Å². The smallest absolute Gasteiger partial charge is 0.228 e. The van der Waals surface area contributed by atoms with Gasteiger partial charge >= 0.3 is 0 Å². The first kappa shape index (κ1) is 16.8. The van der Waals surface area contributed by atoms with Crippen molar-refractivity contribution >= 4 is 33.4 Å². The van der Waals surface area contributed by atoms with E-state index in [1.165, 1.54) is 0 Å². The highest BCUT2D eigenvalue weighted by atomic mass is 79.9. The summed E-state index contributed by atoms with van der Waals surface area (Å²) in [7, 11) is 0. The fraction of sp³-hybridized carbons (Fsp3) is 0.625. The van der Waals surface area contributed by atoms with Crippen molar-refractivity contribution in [1.29, 1.82) is 0 Å². The van der Waals surface area contributed by atoms with Crippen molar-refractivity contribution in [1.82, 2.24) is 9.88 Å². The number of alkyl halides is 1. The highest BCUT2D eigenvalue weighted by Gasteiger charge is 2.38. The van der Waals surface area contributed by atoms with Gasteiger partial charge in [0.05, 0.1) is 6.04 Å². The monoisotopic (exact) mass is 372 g/mol. The molecule has 0 radical (unpaired) electrons. The lowest BCUT2D eigenvalue weighted by atomic mass is 9.86. The van der Waals surface area contributed by atoms with Crippen LogP contribution in [0.4, 0.5) is 0 Å². The van der Waals surface area contributed by atoms with Gasteiger partial charge in [-0.25, -0.2) is 0 Å². The number of carbonyl (C=O) groups is 1. The molecule has 0 aromatic carbocycles. The molecule has 21 heavy (non-hydrogen) atoms. The molecule has 1 amide bonds. The molecule has 0 saturated carbocycles. The van der Waals surface area contributed by atoms with Gasteiger partial charge in [0, 0.05) is 34.7 Å². The Balaban J connectivity index is 2.16. The Morgan fingerprint density at radius 3 is 2.95 bits per heavy atom. The quantitative estimate of drug-likeness (QED) is 0.709. The van der Waals surface area contributed by atoms with Crippen molar-refractivity contribution in [2.45, 2.75) is 45.6 Å². The summed E-state index contributed by atoms with van der Waals surface area (Å²) in [5.74, 6) is 0.838. The molecule has 3 nitrogen and oxygen atoms in total. The van der Waals surface area contributed by atoms with Crippen LogP contribution < -0.4 is 0 Å². The van der Waals surface area contributed by atoms with Crippen molar-refractivity contribution in [3.05, 3.63) is 28.5 Å². The summed E-state index contributed by atoms with van der Waals surface area (Å²) in [6, 6.07) is 2.22. The van der Waals surface area contributed by atoms with Crippen molar-refractivity contribution < 1.29 is 4.79 Å². The fourth-order valence-corrected chi connectivity index (χ4v) is 3.49. The maximum atomic E-state index is 12.9. The third kappa shape index (κ3) is 3.98. The van der Waals surface area contributed by atoms with Gasteiger partial charge in [-0.1, -0.05) is 13.8 Å². The summed E-state index contributed by atoms with van der Waals surface area (Å²) in [5.41, 5.74) is 0.764. The molecule has 1 saturated heterocycles. The summed E-state index contributed by atoms with van der Waals surface area (Å²) in [4.78, 5) is 19.1. The van der Waals surface area contributed by atoms with Gasteiger partial charge in [0.2, 0.25) is 5.91 Å². The number of rotatable bonds is 5. The van der Waals surface area contributed by atoms with E-state index in [9.17, 15) is 4.79 Å². The molecular weight excluding hydrogens is 352 g/mol. The van der Waals surface area contributed by atoms with E-state index in [0.29, 0.717) is 5.88 Å². The minimum Gasteiger partial charge on any atom is -0.335 e. The predicted molar refractivity (Wildman–Crippen MR) is 89.4 cm³/mol. The van der Waals surface area contributed by atoms with Gasteiger partial charge in [-0.3, -0.25) is 9.78 Å². The van der Waals surface area contributed by atoms with Crippen molar-refractivity contribution in [2.75, 3.05) is 12.4 Å². The van der Waals surface area contributed by atoms with Crippen LogP contribution in [0.1, 0.15) is 51.1 Å². The SMILES string of the molecule is CC(C)(CCCCl)C(=O)N1CCCC1c1cncc(Br)c1. The summed E-state index contributed by atoms with van der Waals surface area (Å²) in [6.45, 7) is 4.88. The normalized spacial score (nSPS) is 19.0. The molecular formula is C16H22BrClN2O. The predicted octanol–water partition coefficient (Wildman–Crippen LogP) is 4.55. The maximum Gasteiger partial charge on any atom is 0.228 e. The van der Waals surface area contributed by atoms with E-state index in [4.69, 9.17) is 11.6 Å². The average Bonchev–Trinajstić information content (AvgIpc) is 2.93. The Morgan fingerprint density at radius 2 is 2.29 bits per heavy atom. The van der Waals surface area contributed by atoms with E-state index >= 15 is 0 Å². The number of amides is 1. The summed E-state index contributed by atoms with van der Waals surface area (Å²) in [6.07, 6.45) is 7.40.